The molecule has 0 aromatic heterocycles. The lowest BCUT2D eigenvalue weighted by atomic mass is 10.1. The van der Waals surface area contributed by atoms with Crippen LogP contribution in [0.15, 0.2) is 36.4 Å². The van der Waals surface area contributed by atoms with Crippen LogP contribution in [0.2, 0.25) is 0 Å². The molecule has 0 atom stereocenters. The van der Waals surface area contributed by atoms with E-state index < -0.39 is 0 Å². The Bertz CT molecular complexity index is 630. The Hall–Kier alpha value is -2.71. The maximum absolute atomic E-state index is 9.68. The lowest BCUT2D eigenvalue weighted by Gasteiger charge is -2.12. The molecule has 0 bridgehead atoms. The number of benzene rings is 2. The third-order valence-electron chi connectivity index (χ3n) is 2.71. The second-order valence-electron chi connectivity index (χ2n) is 4.04. The van der Waals surface area contributed by atoms with Gasteiger partial charge in [-0.3, -0.25) is 0 Å². The van der Waals surface area contributed by atoms with Crippen LogP contribution in [0, 0.1) is 11.3 Å². The van der Waals surface area contributed by atoms with Crippen molar-refractivity contribution in [1.82, 2.24) is 0 Å². The maximum atomic E-state index is 9.68. The van der Waals surface area contributed by atoms with Gasteiger partial charge in [-0.1, -0.05) is 0 Å². The van der Waals surface area contributed by atoms with Crippen LogP contribution in [-0.2, 0) is 6.61 Å². The molecule has 0 heterocycles. The lowest BCUT2D eigenvalue weighted by molar-refractivity contribution is 0.275. The van der Waals surface area contributed by atoms with Crippen LogP contribution in [0.4, 0.5) is 17.1 Å². The van der Waals surface area contributed by atoms with Crippen LogP contribution in [0.1, 0.15) is 11.1 Å². The number of nitriles is 1. The number of aromatic hydroxyl groups is 1. The Morgan fingerprint density at radius 1 is 1.21 bits per heavy atom. The summed E-state index contributed by atoms with van der Waals surface area (Å²) < 4.78 is 0. The van der Waals surface area contributed by atoms with E-state index in [0.717, 1.165) is 5.69 Å². The summed E-state index contributed by atoms with van der Waals surface area (Å²) in [7, 11) is 0. The molecule has 0 saturated heterocycles. The van der Waals surface area contributed by atoms with Gasteiger partial charge in [0, 0.05) is 17.3 Å². The highest BCUT2D eigenvalue weighted by Gasteiger charge is 2.07. The van der Waals surface area contributed by atoms with Gasteiger partial charge in [0.15, 0.2) is 0 Å². The average Bonchev–Trinajstić information content (AvgIpc) is 2.43. The maximum Gasteiger partial charge on any atom is 0.123 e. The zero-order chi connectivity index (χ0) is 13.8. The van der Waals surface area contributed by atoms with Gasteiger partial charge in [0.1, 0.15) is 5.75 Å². The Morgan fingerprint density at radius 3 is 2.47 bits per heavy atom. The fourth-order valence-corrected chi connectivity index (χ4v) is 1.67. The highest BCUT2D eigenvalue weighted by Crippen LogP contribution is 2.30. The third kappa shape index (κ3) is 2.76. The van der Waals surface area contributed by atoms with Gasteiger partial charge >= 0.3 is 0 Å². The Labute approximate surface area is 110 Å². The summed E-state index contributed by atoms with van der Waals surface area (Å²) in [6.07, 6.45) is 0. The van der Waals surface area contributed by atoms with Crippen molar-refractivity contribution in [3.8, 4) is 11.8 Å². The first kappa shape index (κ1) is 12.7. The Morgan fingerprint density at radius 2 is 1.89 bits per heavy atom. The summed E-state index contributed by atoms with van der Waals surface area (Å²) in [5.74, 6) is -0.0205. The molecule has 5 heteroatoms. The standard InChI is InChI=1S/C14H13N3O2/c15-7-9-1-3-11(4-2-9)17-13-6-14(19)10(8-18)5-12(13)16/h1-6,17-19H,8,16H2. The highest BCUT2D eigenvalue weighted by molar-refractivity contribution is 5.75. The smallest absolute Gasteiger partial charge is 0.123 e. The predicted molar refractivity (Wildman–Crippen MR) is 72.9 cm³/mol. The third-order valence-corrected chi connectivity index (χ3v) is 2.71. The molecule has 0 unspecified atom stereocenters. The molecule has 0 amide bonds. The second-order valence-corrected chi connectivity index (χ2v) is 4.04. The number of aliphatic hydroxyl groups excluding tert-OH is 1. The summed E-state index contributed by atoms with van der Waals surface area (Å²) in [6, 6.07) is 11.9. The normalized spacial score (nSPS) is 9.89. The van der Waals surface area contributed by atoms with Crippen molar-refractivity contribution in [1.29, 1.82) is 5.26 Å². The van der Waals surface area contributed by atoms with Crippen molar-refractivity contribution in [2.75, 3.05) is 11.1 Å². The SMILES string of the molecule is N#Cc1ccc(Nc2cc(O)c(CO)cc2N)cc1. The molecule has 0 radical (unpaired) electrons. The van der Waals surface area contributed by atoms with E-state index in [0.29, 0.717) is 22.5 Å². The number of nitrogens with two attached hydrogens (primary N) is 1. The number of hydrogen-bond donors (Lipinski definition) is 4. The van der Waals surface area contributed by atoms with E-state index in [2.05, 4.69) is 5.32 Å². The molecule has 19 heavy (non-hydrogen) atoms. The minimum atomic E-state index is -0.271. The molecule has 0 saturated carbocycles. The summed E-state index contributed by atoms with van der Waals surface area (Å²) in [4.78, 5) is 0. The van der Waals surface area contributed by atoms with Crippen LogP contribution < -0.4 is 11.1 Å². The zero-order valence-electron chi connectivity index (χ0n) is 10.1. The predicted octanol–water partition coefficient (Wildman–Crippen LogP) is 2.08. The molecule has 0 aliphatic rings. The first-order chi connectivity index (χ1) is 9.13. The largest absolute Gasteiger partial charge is 0.508 e. The summed E-state index contributed by atoms with van der Waals surface area (Å²) in [5.41, 5.74) is 8.49. The van der Waals surface area contributed by atoms with E-state index in [1.54, 1.807) is 24.3 Å². The van der Waals surface area contributed by atoms with Crippen LogP contribution in [0.25, 0.3) is 0 Å². The summed E-state index contributed by atoms with van der Waals surface area (Å²) in [6.45, 7) is -0.271. The number of rotatable bonds is 3. The molecule has 0 aliphatic heterocycles. The van der Waals surface area contributed by atoms with Crippen LogP contribution in [-0.4, -0.2) is 10.2 Å². The van der Waals surface area contributed by atoms with Gasteiger partial charge in [0.2, 0.25) is 0 Å². The summed E-state index contributed by atoms with van der Waals surface area (Å²) in [5, 5.41) is 30.4. The van der Waals surface area contributed by atoms with E-state index in [1.807, 2.05) is 6.07 Å². The van der Waals surface area contributed by atoms with Gasteiger partial charge in [-0.05, 0) is 30.3 Å². The van der Waals surface area contributed by atoms with Gasteiger partial charge < -0.3 is 21.3 Å². The van der Waals surface area contributed by atoms with Gasteiger partial charge in [-0.25, -0.2) is 0 Å². The lowest BCUT2D eigenvalue weighted by Crippen LogP contribution is -1.98. The number of phenols is 1. The zero-order valence-corrected chi connectivity index (χ0v) is 10.1. The minimum Gasteiger partial charge on any atom is -0.508 e. The Balaban J connectivity index is 2.28. The van der Waals surface area contributed by atoms with Crippen molar-refractivity contribution in [3.05, 3.63) is 47.5 Å². The van der Waals surface area contributed by atoms with Gasteiger partial charge in [-0.2, -0.15) is 5.26 Å². The molecular formula is C14H13N3O2. The quantitative estimate of drug-likeness (QED) is 0.496. The van der Waals surface area contributed by atoms with Crippen LogP contribution in [0.3, 0.4) is 0 Å². The van der Waals surface area contributed by atoms with Crippen LogP contribution >= 0.6 is 0 Å². The van der Waals surface area contributed by atoms with Crippen molar-refractivity contribution >= 4 is 17.1 Å². The minimum absolute atomic E-state index is 0.0205. The van der Waals surface area contributed by atoms with Gasteiger partial charge in [0.05, 0.1) is 29.6 Å². The molecule has 5 nitrogen and oxygen atoms in total. The number of nitrogen functional groups attached to an aromatic ring is 1. The number of anilines is 3. The molecule has 96 valence electrons. The van der Waals surface area contributed by atoms with E-state index in [1.165, 1.54) is 12.1 Å². The fourth-order valence-electron chi connectivity index (χ4n) is 1.67. The molecule has 5 N–H and O–H groups in total. The van der Waals surface area contributed by atoms with Gasteiger partial charge in [-0.15, -0.1) is 0 Å². The van der Waals surface area contributed by atoms with E-state index >= 15 is 0 Å². The Kier molecular flexibility index (Phi) is 3.55. The number of nitrogens with zero attached hydrogens (tertiary/aromatic N) is 1. The second kappa shape index (κ2) is 5.29. The summed E-state index contributed by atoms with van der Waals surface area (Å²) >= 11 is 0. The van der Waals surface area contributed by atoms with Crippen molar-refractivity contribution in [2.45, 2.75) is 6.61 Å². The first-order valence-corrected chi connectivity index (χ1v) is 5.63. The van der Waals surface area contributed by atoms with Crippen LogP contribution in [0.5, 0.6) is 5.75 Å². The molecule has 2 rings (SSSR count). The highest BCUT2D eigenvalue weighted by atomic mass is 16.3. The number of nitrogens with one attached hydrogen (secondary N) is 1. The topological polar surface area (TPSA) is 102 Å². The van der Waals surface area contributed by atoms with Crippen molar-refractivity contribution in [2.24, 2.45) is 0 Å². The molecule has 2 aromatic carbocycles. The van der Waals surface area contributed by atoms with Crippen molar-refractivity contribution in [3.63, 3.8) is 0 Å². The molecule has 0 fully saturated rings. The monoisotopic (exact) mass is 255 g/mol. The van der Waals surface area contributed by atoms with E-state index in [-0.39, 0.29) is 12.4 Å². The van der Waals surface area contributed by atoms with Gasteiger partial charge in [0.25, 0.3) is 0 Å². The molecule has 2 aromatic rings. The first-order valence-electron chi connectivity index (χ1n) is 5.63. The molecular weight excluding hydrogens is 242 g/mol. The molecule has 0 aliphatic carbocycles. The van der Waals surface area contributed by atoms with E-state index in [9.17, 15) is 5.11 Å². The number of hydrogen-bond acceptors (Lipinski definition) is 5. The average molecular weight is 255 g/mol. The van der Waals surface area contributed by atoms with E-state index in [4.69, 9.17) is 16.1 Å². The van der Waals surface area contributed by atoms with Crippen molar-refractivity contribution < 1.29 is 10.2 Å². The fraction of sp³-hybridized carbons (Fsp3) is 0.0714. The number of aliphatic hydroxyl groups is 1. The molecule has 0 spiro atoms.